The molecule has 0 radical (unpaired) electrons. The van der Waals surface area contributed by atoms with E-state index in [1.165, 1.54) is 11.8 Å². The summed E-state index contributed by atoms with van der Waals surface area (Å²) in [6.07, 6.45) is 1.66. The molecular weight excluding hydrogens is 338 g/mol. The number of benzene rings is 1. The van der Waals surface area contributed by atoms with Gasteiger partial charge in [0.1, 0.15) is 5.03 Å². The number of amides is 1. The number of hydrogen-bond donors (Lipinski definition) is 2. The first-order chi connectivity index (χ1) is 9.56. The second-order valence-corrected chi connectivity index (χ2v) is 6.04. The van der Waals surface area contributed by atoms with Crippen molar-refractivity contribution in [1.29, 1.82) is 0 Å². The van der Waals surface area contributed by atoms with Crippen molar-refractivity contribution in [2.75, 3.05) is 16.8 Å². The number of aromatic nitrogens is 1. The fourth-order valence-corrected chi connectivity index (χ4v) is 2.87. The van der Waals surface area contributed by atoms with Crippen molar-refractivity contribution in [1.82, 2.24) is 4.98 Å². The number of thioether (sulfide) groups is 1. The Hall–Kier alpha value is -1.53. The van der Waals surface area contributed by atoms with E-state index < -0.39 is 0 Å². The molecule has 1 aromatic heterocycles. The van der Waals surface area contributed by atoms with Crippen LogP contribution in [0.15, 0.2) is 46.0 Å². The lowest BCUT2D eigenvalue weighted by molar-refractivity contribution is -0.113. The summed E-state index contributed by atoms with van der Waals surface area (Å²) < 4.78 is 0.869. The minimum absolute atomic E-state index is 0.0930. The summed E-state index contributed by atoms with van der Waals surface area (Å²) in [6.45, 7) is 2.00. The number of carbonyl (C=O) groups is 1. The Kier molecular flexibility index (Phi) is 5.03. The van der Waals surface area contributed by atoms with E-state index in [9.17, 15) is 4.79 Å². The largest absolute Gasteiger partial charge is 0.397 e. The van der Waals surface area contributed by atoms with Crippen LogP contribution in [-0.2, 0) is 4.79 Å². The predicted molar refractivity (Wildman–Crippen MR) is 86.9 cm³/mol. The van der Waals surface area contributed by atoms with Gasteiger partial charge in [-0.05, 0) is 52.7 Å². The van der Waals surface area contributed by atoms with Crippen LogP contribution in [0.1, 0.15) is 5.56 Å². The number of nitrogens with zero attached hydrogens (tertiary/aromatic N) is 1. The van der Waals surface area contributed by atoms with E-state index in [0.717, 1.165) is 15.7 Å². The van der Waals surface area contributed by atoms with Gasteiger partial charge in [-0.3, -0.25) is 4.79 Å². The van der Waals surface area contributed by atoms with Crippen LogP contribution in [0.5, 0.6) is 0 Å². The molecule has 3 N–H and O–H groups in total. The molecule has 0 bridgehead atoms. The Balaban J connectivity index is 1.94. The van der Waals surface area contributed by atoms with Crippen molar-refractivity contribution in [3.8, 4) is 0 Å². The van der Waals surface area contributed by atoms with E-state index in [1.807, 2.05) is 25.1 Å². The molecule has 20 heavy (non-hydrogen) atoms. The first-order valence-corrected chi connectivity index (χ1v) is 7.73. The molecule has 1 amide bonds. The van der Waals surface area contributed by atoms with Crippen molar-refractivity contribution in [3.63, 3.8) is 0 Å². The normalized spacial score (nSPS) is 10.3. The number of pyridine rings is 1. The van der Waals surface area contributed by atoms with E-state index in [2.05, 4.69) is 26.2 Å². The number of rotatable bonds is 4. The van der Waals surface area contributed by atoms with Crippen LogP contribution in [-0.4, -0.2) is 16.6 Å². The highest BCUT2D eigenvalue weighted by atomic mass is 79.9. The maximum absolute atomic E-state index is 11.9. The molecule has 6 heteroatoms. The van der Waals surface area contributed by atoms with E-state index in [-0.39, 0.29) is 11.7 Å². The lowest BCUT2D eigenvalue weighted by atomic mass is 10.2. The molecule has 0 unspecified atom stereocenters. The third-order valence-electron chi connectivity index (χ3n) is 2.54. The minimum Gasteiger partial charge on any atom is -0.397 e. The summed E-state index contributed by atoms with van der Waals surface area (Å²) in [6, 6.07) is 9.31. The summed E-state index contributed by atoms with van der Waals surface area (Å²) in [4.78, 5) is 16.0. The van der Waals surface area contributed by atoms with Crippen molar-refractivity contribution >= 4 is 45.0 Å². The molecule has 1 heterocycles. The number of anilines is 2. The molecule has 2 aromatic rings. The van der Waals surface area contributed by atoms with Crippen LogP contribution in [0.25, 0.3) is 0 Å². The van der Waals surface area contributed by atoms with Gasteiger partial charge in [0, 0.05) is 10.7 Å². The topological polar surface area (TPSA) is 68.0 Å². The van der Waals surface area contributed by atoms with Crippen molar-refractivity contribution < 1.29 is 4.79 Å². The molecular formula is C14H14BrN3OS. The van der Waals surface area contributed by atoms with Gasteiger partial charge in [-0.15, -0.1) is 0 Å². The van der Waals surface area contributed by atoms with Crippen molar-refractivity contribution in [2.45, 2.75) is 11.9 Å². The highest BCUT2D eigenvalue weighted by Crippen LogP contribution is 2.25. The SMILES string of the molecule is Cc1ccc(NC(=O)CSc2ncccc2N)c(Br)c1. The summed E-state index contributed by atoms with van der Waals surface area (Å²) in [5.41, 5.74) is 8.25. The van der Waals surface area contributed by atoms with Crippen LogP contribution in [0.4, 0.5) is 11.4 Å². The third-order valence-corrected chi connectivity index (χ3v) is 4.22. The molecule has 0 fully saturated rings. The van der Waals surface area contributed by atoms with Crippen LogP contribution >= 0.6 is 27.7 Å². The zero-order valence-corrected chi connectivity index (χ0v) is 13.3. The Morgan fingerprint density at radius 2 is 2.25 bits per heavy atom. The molecule has 1 aromatic carbocycles. The van der Waals surface area contributed by atoms with Gasteiger partial charge in [-0.1, -0.05) is 17.8 Å². The standard InChI is InChI=1S/C14H14BrN3OS/c1-9-4-5-12(10(15)7-9)18-13(19)8-20-14-11(16)3-2-6-17-14/h2-7H,8,16H2,1H3,(H,18,19). The van der Waals surface area contributed by atoms with E-state index in [0.29, 0.717) is 10.7 Å². The van der Waals surface area contributed by atoms with Gasteiger partial charge >= 0.3 is 0 Å². The molecule has 0 aliphatic carbocycles. The average molecular weight is 352 g/mol. The monoisotopic (exact) mass is 351 g/mol. The summed E-state index contributed by atoms with van der Waals surface area (Å²) in [5, 5.41) is 3.52. The lowest BCUT2D eigenvalue weighted by Gasteiger charge is -2.08. The van der Waals surface area contributed by atoms with Crippen LogP contribution in [0, 0.1) is 6.92 Å². The maximum Gasteiger partial charge on any atom is 0.234 e. The van der Waals surface area contributed by atoms with Gasteiger partial charge in [0.05, 0.1) is 17.1 Å². The fraction of sp³-hybridized carbons (Fsp3) is 0.143. The quantitative estimate of drug-likeness (QED) is 0.827. The van der Waals surface area contributed by atoms with Gasteiger partial charge in [-0.25, -0.2) is 4.98 Å². The second-order valence-electron chi connectivity index (χ2n) is 4.22. The number of carbonyl (C=O) groups excluding carboxylic acids is 1. The summed E-state index contributed by atoms with van der Waals surface area (Å²) >= 11 is 4.75. The molecule has 0 saturated heterocycles. The highest BCUT2D eigenvalue weighted by Gasteiger charge is 2.08. The maximum atomic E-state index is 11.9. The van der Waals surface area contributed by atoms with Crippen molar-refractivity contribution in [2.24, 2.45) is 0 Å². The fourth-order valence-electron chi connectivity index (χ4n) is 1.57. The van der Waals surface area contributed by atoms with Gasteiger partial charge in [0.25, 0.3) is 0 Å². The Morgan fingerprint density at radius 1 is 1.45 bits per heavy atom. The molecule has 2 rings (SSSR count). The summed E-state index contributed by atoms with van der Waals surface area (Å²) in [7, 11) is 0. The predicted octanol–water partition coefficient (Wildman–Crippen LogP) is 3.47. The Bertz CT molecular complexity index is 634. The van der Waals surface area contributed by atoms with Gasteiger partial charge in [-0.2, -0.15) is 0 Å². The van der Waals surface area contributed by atoms with Crippen LogP contribution in [0.2, 0.25) is 0 Å². The molecule has 104 valence electrons. The second kappa shape index (κ2) is 6.76. The van der Waals surface area contributed by atoms with E-state index in [4.69, 9.17) is 5.73 Å². The molecule has 0 aliphatic heterocycles. The van der Waals surface area contributed by atoms with Gasteiger partial charge < -0.3 is 11.1 Å². The average Bonchev–Trinajstić information content (AvgIpc) is 2.41. The van der Waals surface area contributed by atoms with E-state index >= 15 is 0 Å². The first-order valence-electron chi connectivity index (χ1n) is 5.95. The molecule has 0 atom stereocenters. The smallest absolute Gasteiger partial charge is 0.234 e. The Labute approximate surface area is 130 Å². The third kappa shape index (κ3) is 3.98. The lowest BCUT2D eigenvalue weighted by Crippen LogP contribution is -2.14. The summed E-state index contributed by atoms with van der Waals surface area (Å²) in [5.74, 6) is 0.172. The zero-order valence-electron chi connectivity index (χ0n) is 10.9. The number of nitrogen functional groups attached to an aromatic ring is 1. The van der Waals surface area contributed by atoms with Gasteiger partial charge in [0.2, 0.25) is 5.91 Å². The minimum atomic E-state index is -0.0930. The highest BCUT2D eigenvalue weighted by molar-refractivity contribution is 9.10. The number of hydrogen-bond acceptors (Lipinski definition) is 4. The van der Waals surface area contributed by atoms with Gasteiger partial charge in [0.15, 0.2) is 0 Å². The molecule has 4 nitrogen and oxygen atoms in total. The molecule has 0 aliphatic rings. The number of nitrogens with one attached hydrogen (secondary N) is 1. The van der Waals surface area contributed by atoms with Crippen LogP contribution < -0.4 is 11.1 Å². The number of aryl methyl sites for hydroxylation is 1. The zero-order chi connectivity index (χ0) is 14.5. The van der Waals surface area contributed by atoms with E-state index in [1.54, 1.807) is 18.3 Å². The van der Waals surface area contributed by atoms with Crippen LogP contribution in [0.3, 0.4) is 0 Å². The molecule has 0 saturated carbocycles. The number of halogens is 1. The molecule has 0 spiro atoms. The first kappa shape index (κ1) is 14.9. The Morgan fingerprint density at radius 3 is 2.95 bits per heavy atom. The van der Waals surface area contributed by atoms with Crippen molar-refractivity contribution in [3.05, 3.63) is 46.6 Å². The number of nitrogens with two attached hydrogens (primary N) is 1.